The molecule has 1 atom stereocenters. The van der Waals surface area contributed by atoms with Crippen molar-refractivity contribution < 1.29 is 0 Å². The molecule has 2 aliphatic rings. The normalized spacial score (nSPS) is 23.4. The van der Waals surface area contributed by atoms with E-state index in [1.807, 2.05) is 16.9 Å². The second-order valence-electron chi connectivity index (χ2n) is 9.51. The van der Waals surface area contributed by atoms with Crippen LogP contribution in [0.1, 0.15) is 58.6 Å². The number of imidazole rings is 1. The molecule has 4 rings (SSSR count). The molecule has 2 aromatic rings. The highest BCUT2D eigenvalue weighted by molar-refractivity contribution is 5.36. The lowest BCUT2D eigenvalue weighted by Crippen LogP contribution is -2.37. The second kappa shape index (κ2) is 6.39. The van der Waals surface area contributed by atoms with Gasteiger partial charge in [0.1, 0.15) is 0 Å². The van der Waals surface area contributed by atoms with Gasteiger partial charge in [-0.3, -0.25) is 0 Å². The van der Waals surface area contributed by atoms with Crippen LogP contribution in [0.25, 0.3) is 5.65 Å². The predicted octanol–water partition coefficient (Wildman–Crippen LogP) is 4.20. The fourth-order valence-electron chi connectivity index (χ4n) is 4.48. The molecular weight excluding hydrogens is 308 g/mol. The van der Waals surface area contributed by atoms with Gasteiger partial charge >= 0.3 is 0 Å². The Hall–Kier alpha value is -1.42. The summed E-state index contributed by atoms with van der Waals surface area (Å²) in [5, 5.41) is 4.67. The maximum atomic E-state index is 4.67. The second-order valence-corrected chi connectivity index (χ2v) is 9.51. The number of piperidine rings is 1. The summed E-state index contributed by atoms with van der Waals surface area (Å²) >= 11 is 0. The summed E-state index contributed by atoms with van der Waals surface area (Å²) in [6, 6.07) is 4.23. The van der Waals surface area contributed by atoms with Gasteiger partial charge in [0.15, 0.2) is 5.65 Å². The fraction of sp³-hybridized carbons (Fsp3) is 0.714. The van der Waals surface area contributed by atoms with Crippen LogP contribution in [0, 0.1) is 16.7 Å². The molecule has 0 bridgehead atoms. The van der Waals surface area contributed by atoms with Crippen molar-refractivity contribution in [2.75, 3.05) is 19.6 Å². The minimum Gasteiger partial charge on any atom is -0.303 e. The third-order valence-corrected chi connectivity index (χ3v) is 6.45. The van der Waals surface area contributed by atoms with E-state index in [1.54, 1.807) is 0 Å². The van der Waals surface area contributed by atoms with Crippen molar-refractivity contribution in [2.24, 2.45) is 16.7 Å². The number of hydrogen-bond acceptors (Lipinski definition) is 3. The lowest BCUT2D eigenvalue weighted by molar-refractivity contribution is 0.145. The van der Waals surface area contributed by atoms with E-state index in [-0.39, 0.29) is 0 Å². The molecule has 136 valence electrons. The summed E-state index contributed by atoms with van der Waals surface area (Å²) in [6.07, 6.45) is 11.7. The average molecular weight is 341 g/mol. The van der Waals surface area contributed by atoms with E-state index in [2.05, 4.69) is 47.9 Å². The molecule has 4 heteroatoms. The van der Waals surface area contributed by atoms with Crippen LogP contribution in [-0.2, 0) is 6.42 Å². The maximum Gasteiger partial charge on any atom is 0.153 e. The van der Waals surface area contributed by atoms with Gasteiger partial charge in [0.05, 0.1) is 5.69 Å². The Balaban J connectivity index is 1.24. The van der Waals surface area contributed by atoms with E-state index in [0.29, 0.717) is 10.8 Å². The lowest BCUT2D eigenvalue weighted by Gasteiger charge is -2.34. The molecule has 4 nitrogen and oxygen atoms in total. The predicted molar refractivity (Wildman–Crippen MR) is 102 cm³/mol. The van der Waals surface area contributed by atoms with E-state index >= 15 is 0 Å². The Bertz CT molecular complexity index is 719. The molecule has 0 aromatic carbocycles. The Morgan fingerprint density at radius 2 is 2.00 bits per heavy atom. The SMILES string of the molecule is CC(C)(C)CCN1CCC2(CC1)CC2CCc1ccc2nccn2n1. The Labute approximate surface area is 151 Å². The summed E-state index contributed by atoms with van der Waals surface area (Å²) in [5.74, 6) is 0.928. The van der Waals surface area contributed by atoms with Crippen molar-refractivity contribution in [1.82, 2.24) is 19.5 Å². The molecule has 2 fully saturated rings. The molecule has 0 amide bonds. The molecule has 1 spiro atoms. The van der Waals surface area contributed by atoms with Crippen LogP contribution in [0.4, 0.5) is 0 Å². The molecule has 25 heavy (non-hydrogen) atoms. The van der Waals surface area contributed by atoms with Gasteiger partial charge in [-0.15, -0.1) is 0 Å². The van der Waals surface area contributed by atoms with Crippen molar-refractivity contribution in [1.29, 1.82) is 0 Å². The molecule has 1 saturated carbocycles. The number of aryl methyl sites for hydroxylation is 1. The molecule has 1 saturated heterocycles. The van der Waals surface area contributed by atoms with Gasteiger partial charge in [-0.1, -0.05) is 20.8 Å². The van der Waals surface area contributed by atoms with Crippen molar-refractivity contribution in [3.8, 4) is 0 Å². The molecule has 2 aromatic heterocycles. The van der Waals surface area contributed by atoms with Crippen LogP contribution >= 0.6 is 0 Å². The first-order valence-electron chi connectivity index (χ1n) is 9.95. The van der Waals surface area contributed by atoms with Crippen molar-refractivity contribution >= 4 is 5.65 Å². The van der Waals surface area contributed by atoms with Gasteiger partial charge in [-0.05, 0) is 87.0 Å². The van der Waals surface area contributed by atoms with Crippen LogP contribution in [-0.4, -0.2) is 39.1 Å². The highest BCUT2D eigenvalue weighted by Crippen LogP contribution is 2.61. The average Bonchev–Trinajstić information content (AvgIpc) is 3.02. The van der Waals surface area contributed by atoms with Crippen LogP contribution in [0.2, 0.25) is 0 Å². The third kappa shape index (κ3) is 3.89. The molecule has 3 heterocycles. The molecule has 0 N–H and O–H groups in total. The number of rotatable bonds is 5. The topological polar surface area (TPSA) is 33.4 Å². The number of hydrogen-bond donors (Lipinski definition) is 0. The summed E-state index contributed by atoms with van der Waals surface area (Å²) < 4.78 is 1.89. The zero-order chi connectivity index (χ0) is 17.5. The smallest absolute Gasteiger partial charge is 0.153 e. The fourth-order valence-corrected chi connectivity index (χ4v) is 4.48. The molecule has 1 aliphatic heterocycles. The van der Waals surface area contributed by atoms with Crippen LogP contribution in [0.5, 0.6) is 0 Å². The quantitative estimate of drug-likeness (QED) is 0.818. The zero-order valence-corrected chi connectivity index (χ0v) is 16.0. The summed E-state index contributed by atoms with van der Waals surface area (Å²) in [5.41, 5.74) is 3.28. The summed E-state index contributed by atoms with van der Waals surface area (Å²) in [4.78, 5) is 6.96. The molecular formula is C21H32N4. The first kappa shape index (κ1) is 17.0. The number of likely N-dealkylation sites (tertiary alicyclic amines) is 1. The Morgan fingerprint density at radius 3 is 2.76 bits per heavy atom. The van der Waals surface area contributed by atoms with Crippen molar-refractivity contribution in [3.05, 3.63) is 30.2 Å². The maximum absolute atomic E-state index is 4.67. The largest absolute Gasteiger partial charge is 0.303 e. The number of fused-ring (bicyclic) bond motifs is 1. The van der Waals surface area contributed by atoms with Crippen molar-refractivity contribution in [3.63, 3.8) is 0 Å². The zero-order valence-electron chi connectivity index (χ0n) is 16.0. The van der Waals surface area contributed by atoms with Gasteiger partial charge in [0, 0.05) is 12.4 Å². The van der Waals surface area contributed by atoms with E-state index < -0.39 is 0 Å². The van der Waals surface area contributed by atoms with Crippen molar-refractivity contribution in [2.45, 2.75) is 59.3 Å². The van der Waals surface area contributed by atoms with E-state index in [9.17, 15) is 0 Å². The van der Waals surface area contributed by atoms with Crippen LogP contribution in [0.3, 0.4) is 0 Å². The van der Waals surface area contributed by atoms with E-state index in [1.165, 1.54) is 57.4 Å². The van der Waals surface area contributed by atoms with Gasteiger partial charge in [-0.2, -0.15) is 5.10 Å². The van der Waals surface area contributed by atoms with Crippen LogP contribution in [0.15, 0.2) is 24.5 Å². The minimum absolute atomic E-state index is 0.459. The van der Waals surface area contributed by atoms with E-state index in [4.69, 9.17) is 0 Å². The third-order valence-electron chi connectivity index (χ3n) is 6.45. The Morgan fingerprint density at radius 1 is 1.20 bits per heavy atom. The summed E-state index contributed by atoms with van der Waals surface area (Å²) in [7, 11) is 0. The monoisotopic (exact) mass is 340 g/mol. The van der Waals surface area contributed by atoms with Crippen LogP contribution < -0.4 is 0 Å². The standard InChI is InChI=1S/C21H32N4/c1-20(2,3)8-12-24-13-9-21(10-14-24)16-17(21)4-5-18-6-7-19-22-11-15-25(19)23-18/h6-7,11,15,17H,4-5,8-10,12-14,16H2,1-3H3. The number of aromatic nitrogens is 3. The first-order chi connectivity index (χ1) is 11.9. The molecule has 0 radical (unpaired) electrons. The highest BCUT2D eigenvalue weighted by Gasteiger charge is 2.53. The van der Waals surface area contributed by atoms with Gasteiger partial charge in [0.2, 0.25) is 0 Å². The molecule has 1 aliphatic carbocycles. The minimum atomic E-state index is 0.459. The highest BCUT2D eigenvalue weighted by atomic mass is 15.2. The van der Waals surface area contributed by atoms with Gasteiger partial charge < -0.3 is 4.90 Å². The van der Waals surface area contributed by atoms with E-state index in [0.717, 1.165) is 18.0 Å². The van der Waals surface area contributed by atoms with Gasteiger partial charge in [-0.25, -0.2) is 9.50 Å². The van der Waals surface area contributed by atoms with Gasteiger partial charge in [0.25, 0.3) is 0 Å². The lowest BCUT2D eigenvalue weighted by atomic mass is 9.88. The first-order valence-corrected chi connectivity index (χ1v) is 9.95. The molecule has 1 unspecified atom stereocenters. The number of nitrogens with zero attached hydrogens (tertiary/aromatic N) is 4. The summed E-state index contributed by atoms with van der Waals surface area (Å²) in [6.45, 7) is 11.0. The Kier molecular flexibility index (Phi) is 4.35.